The third kappa shape index (κ3) is 2.73. The molecule has 0 radical (unpaired) electrons. The highest BCUT2D eigenvalue weighted by Crippen LogP contribution is 2.40. The van der Waals surface area contributed by atoms with E-state index >= 15 is 0 Å². The monoisotopic (exact) mass is 277 g/mol. The van der Waals surface area contributed by atoms with Gasteiger partial charge in [-0.25, -0.2) is 0 Å². The highest BCUT2D eigenvalue weighted by Gasteiger charge is 2.35. The molecule has 1 saturated carbocycles. The van der Waals surface area contributed by atoms with Gasteiger partial charge in [0.15, 0.2) is 5.69 Å². The molecule has 1 N–H and O–H groups in total. The van der Waals surface area contributed by atoms with Crippen molar-refractivity contribution in [2.75, 3.05) is 20.1 Å². The Kier molecular flexibility index (Phi) is 3.54. The maximum Gasteiger partial charge on any atom is 0.273 e. The zero-order valence-electron chi connectivity index (χ0n) is 12.4. The second-order valence-electron chi connectivity index (χ2n) is 6.60. The van der Waals surface area contributed by atoms with Gasteiger partial charge in [-0.2, -0.15) is 0 Å². The van der Waals surface area contributed by atoms with Gasteiger partial charge in [0, 0.05) is 31.1 Å². The minimum absolute atomic E-state index is 0.105. The lowest BCUT2D eigenvalue weighted by Crippen LogP contribution is -2.42. The number of carbonyl (C=O) groups excluding carboxylic acids is 1. The van der Waals surface area contributed by atoms with E-state index in [0.29, 0.717) is 23.4 Å². The molecule has 0 spiro atoms. The first-order valence-electron chi connectivity index (χ1n) is 7.50. The summed E-state index contributed by atoms with van der Waals surface area (Å²) in [5.74, 6) is 2.30. The number of carbonyl (C=O) groups is 1. The summed E-state index contributed by atoms with van der Waals surface area (Å²) in [5.41, 5.74) is 0.420. The van der Waals surface area contributed by atoms with Crippen molar-refractivity contribution in [1.29, 1.82) is 0 Å². The summed E-state index contributed by atoms with van der Waals surface area (Å²) >= 11 is 0. The van der Waals surface area contributed by atoms with E-state index in [1.165, 1.54) is 0 Å². The van der Waals surface area contributed by atoms with E-state index in [-0.39, 0.29) is 11.9 Å². The lowest BCUT2D eigenvalue weighted by molar-refractivity contribution is 0.0916. The van der Waals surface area contributed by atoms with E-state index < -0.39 is 0 Å². The van der Waals surface area contributed by atoms with Crippen molar-refractivity contribution in [2.45, 2.75) is 38.6 Å². The molecule has 2 aliphatic rings. The van der Waals surface area contributed by atoms with Crippen LogP contribution in [0.3, 0.4) is 0 Å². The van der Waals surface area contributed by atoms with Gasteiger partial charge in [0.05, 0.1) is 0 Å². The molecule has 2 heterocycles. The highest BCUT2D eigenvalue weighted by molar-refractivity contribution is 5.92. The van der Waals surface area contributed by atoms with Crippen molar-refractivity contribution in [3.63, 3.8) is 0 Å². The van der Waals surface area contributed by atoms with Crippen LogP contribution >= 0.6 is 0 Å². The Bertz CT molecular complexity index is 493. The Morgan fingerprint density at radius 1 is 1.45 bits per heavy atom. The van der Waals surface area contributed by atoms with E-state index in [9.17, 15) is 4.79 Å². The molecule has 5 nitrogen and oxygen atoms in total. The third-order valence-corrected chi connectivity index (χ3v) is 4.46. The molecule has 0 bridgehead atoms. The van der Waals surface area contributed by atoms with Crippen LogP contribution in [0.1, 0.15) is 48.9 Å². The molecular formula is C15H23N3O2. The zero-order valence-corrected chi connectivity index (χ0v) is 12.4. The Morgan fingerprint density at radius 3 is 2.85 bits per heavy atom. The number of aromatic nitrogens is 1. The van der Waals surface area contributed by atoms with Crippen molar-refractivity contribution in [2.24, 2.45) is 11.8 Å². The maximum atomic E-state index is 12.3. The quantitative estimate of drug-likeness (QED) is 0.912. The third-order valence-electron chi connectivity index (χ3n) is 4.46. The second-order valence-corrected chi connectivity index (χ2v) is 6.60. The largest absolute Gasteiger partial charge is 0.360 e. The van der Waals surface area contributed by atoms with E-state index in [2.05, 4.69) is 36.3 Å². The summed E-state index contributed by atoms with van der Waals surface area (Å²) in [6, 6.07) is 2.00. The number of likely N-dealkylation sites (tertiary alicyclic amines) is 1. The predicted molar refractivity (Wildman–Crippen MR) is 75.6 cm³/mol. The molecule has 1 saturated heterocycles. The van der Waals surface area contributed by atoms with Gasteiger partial charge in [0.25, 0.3) is 5.91 Å². The average molecular weight is 277 g/mol. The van der Waals surface area contributed by atoms with E-state index in [0.717, 1.165) is 31.7 Å². The molecule has 1 aliphatic carbocycles. The summed E-state index contributed by atoms with van der Waals surface area (Å²) in [7, 11) is 2.10. The highest BCUT2D eigenvalue weighted by atomic mass is 16.5. The summed E-state index contributed by atoms with van der Waals surface area (Å²) in [4.78, 5) is 14.6. The van der Waals surface area contributed by atoms with E-state index in [1.807, 2.05) is 0 Å². The van der Waals surface area contributed by atoms with Crippen LogP contribution in [-0.2, 0) is 0 Å². The van der Waals surface area contributed by atoms with Gasteiger partial charge in [0.1, 0.15) is 5.76 Å². The number of amides is 1. The number of hydrogen-bond donors (Lipinski definition) is 1. The molecular weight excluding hydrogens is 254 g/mol. The van der Waals surface area contributed by atoms with Crippen molar-refractivity contribution >= 4 is 5.91 Å². The van der Waals surface area contributed by atoms with Crippen molar-refractivity contribution in [1.82, 2.24) is 15.4 Å². The molecule has 0 unspecified atom stereocenters. The van der Waals surface area contributed by atoms with Gasteiger partial charge in [-0.15, -0.1) is 0 Å². The topological polar surface area (TPSA) is 58.4 Å². The molecule has 0 aromatic carbocycles. The minimum atomic E-state index is -0.105. The second kappa shape index (κ2) is 5.20. The first-order chi connectivity index (χ1) is 9.54. The fourth-order valence-electron chi connectivity index (χ4n) is 3.06. The van der Waals surface area contributed by atoms with Crippen molar-refractivity contribution in [3.8, 4) is 0 Å². The Balaban J connectivity index is 1.65. The van der Waals surface area contributed by atoms with Crippen LogP contribution in [-0.4, -0.2) is 42.1 Å². The van der Waals surface area contributed by atoms with Gasteiger partial charge in [-0.3, -0.25) is 4.79 Å². The Morgan fingerprint density at radius 2 is 2.20 bits per heavy atom. The van der Waals surface area contributed by atoms with Gasteiger partial charge in [-0.05, 0) is 31.7 Å². The van der Waals surface area contributed by atoms with Crippen LogP contribution in [0.25, 0.3) is 0 Å². The lowest BCUT2D eigenvalue weighted by Gasteiger charge is -2.22. The predicted octanol–water partition coefficient (Wildman–Crippen LogP) is 1.87. The Labute approximate surface area is 119 Å². The number of likely N-dealkylation sites (N-methyl/N-ethyl adjacent to an activating group) is 1. The van der Waals surface area contributed by atoms with Crippen LogP contribution in [0.2, 0.25) is 0 Å². The Hall–Kier alpha value is -1.36. The number of hydrogen-bond acceptors (Lipinski definition) is 4. The molecule has 2 atom stereocenters. The molecule has 110 valence electrons. The molecule has 3 rings (SSSR count). The molecule has 2 fully saturated rings. The zero-order chi connectivity index (χ0) is 14.3. The molecule has 5 heteroatoms. The smallest absolute Gasteiger partial charge is 0.273 e. The molecule has 20 heavy (non-hydrogen) atoms. The normalized spacial score (nSPS) is 27.2. The molecule has 1 amide bonds. The number of nitrogens with one attached hydrogen (secondary N) is 1. The first kappa shape index (κ1) is 13.6. The standard InChI is InChI=1S/C15H23N3O2/c1-9(2)11-7-18(3)8-13(11)16-15(19)12-6-14(20-17-12)10-4-5-10/h6,9-11,13H,4-5,7-8H2,1-3H3,(H,16,19)/t11-,13-/m0/s1. The minimum Gasteiger partial charge on any atom is -0.360 e. The van der Waals surface area contributed by atoms with Gasteiger partial charge < -0.3 is 14.7 Å². The van der Waals surface area contributed by atoms with Crippen LogP contribution in [0.5, 0.6) is 0 Å². The summed E-state index contributed by atoms with van der Waals surface area (Å²) in [6.45, 7) is 6.37. The number of rotatable bonds is 4. The summed E-state index contributed by atoms with van der Waals surface area (Å²) < 4.78 is 5.25. The number of nitrogens with zero attached hydrogens (tertiary/aromatic N) is 2. The van der Waals surface area contributed by atoms with Crippen LogP contribution in [0, 0.1) is 11.8 Å². The van der Waals surface area contributed by atoms with Gasteiger partial charge in [-0.1, -0.05) is 19.0 Å². The fraction of sp³-hybridized carbons (Fsp3) is 0.733. The summed E-state index contributed by atoms with van der Waals surface area (Å²) in [6.07, 6.45) is 2.30. The molecule has 1 aromatic rings. The van der Waals surface area contributed by atoms with Crippen LogP contribution in [0.15, 0.2) is 10.6 Å². The van der Waals surface area contributed by atoms with Gasteiger partial charge >= 0.3 is 0 Å². The van der Waals surface area contributed by atoms with Crippen molar-refractivity contribution in [3.05, 3.63) is 17.5 Å². The van der Waals surface area contributed by atoms with Gasteiger partial charge in [0.2, 0.25) is 0 Å². The summed E-state index contributed by atoms with van der Waals surface area (Å²) in [5, 5.41) is 7.03. The lowest BCUT2D eigenvalue weighted by atomic mass is 9.91. The van der Waals surface area contributed by atoms with Crippen LogP contribution < -0.4 is 5.32 Å². The van der Waals surface area contributed by atoms with Crippen LogP contribution in [0.4, 0.5) is 0 Å². The first-order valence-corrected chi connectivity index (χ1v) is 7.50. The fourth-order valence-corrected chi connectivity index (χ4v) is 3.06. The molecule has 1 aliphatic heterocycles. The van der Waals surface area contributed by atoms with Crippen molar-refractivity contribution < 1.29 is 9.32 Å². The average Bonchev–Trinajstić information content (AvgIpc) is 2.99. The SMILES string of the molecule is CC(C)[C@@H]1CN(C)C[C@@H]1NC(=O)c1cc(C2CC2)on1. The van der Waals surface area contributed by atoms with E-state index in [1.54, 1.807) is 6.07 Å². The maximum absolute atomic E-state index is 12.3. The van der Waals surface area contributed by atoms with E-state index in [4.69, 9.17) is 4.52 Å². The molecule has 1 aromatic heterocycles.